The topological polar surface area (TPSA) is 40.5 Å². The summed E-state index contributed by atoms with van der Waals surface area (Å²) in [5, 5.41) is 9.73. The summed E-state index contributed by atoms with van der Waals surface area (Å²) in [5.41, 5.74) is 0.784. The first-order valence-electron chi connectivity index (χ1n) is 7.32. The predicted octanol–water partition coefficient (Wildman–Crippen LogP) is 4.58. The molecular formula is C16H16ClNO2S2. The quantitative estimate of drug-likeness (QED) is 0.624. The molecule has 0 unspecified atom stereocenters. The second-order valence-electron chi connectivity index (χ2n) is 5.55. The molecule has 1 amide bonds. The number of thioether (sulfide) groups is 1. The third-order valence-corrected chi connectivity index (χ3v) is 5.67. The van der Waals surface area contributed by atoms with E-state index in [2.05, 4.69) is 0 Å². The van der Waals surface area contributed by atoms with Crippen LogP contribution < -0.4 is 0 Å². The number of halogens is 1. The predicted molar refractivity (Wildman–Crippen MR) is 95.0 cm³/mol. The fourth-order valence-corrected chi connectivity index (χ4v) is 4.49. The van der Waals surface area contributed by atoms with Crippen molar-refractivity contribution in [3.05, 3.63) is 33.7 Å². The molecule has 0 atom stereocenters. The summed E-state index contributed by atoms with van der Waals surface area (Å²) in [5.74, 6) is 0.0275. The van der Waals surface area contributed by atoms with Crippen molar-refractivity contribution in [1.82, 2.24) is 4.90 Å². The van der Waals surface area contributed by atoms with E-state index in [0.29, 0.717) is 9.23 Å². The molecule has 3 rings (SSSR count). The Morgan fingerprint density at radius 1 is 1.32 bits per heavy atom. The van der Waals surface area contributed by atoms with Crippen LogP contribution in [0.4, 0.5) is 0 Å². The summed E-state index contributed by atoms with van der Waals surface area (Å²) in [6.45, 7) is 0. The molecule has 1 N–H and O–H groups in total. The molecule has 1 aromatic carbocycles. The van der Waals surface area contributed by atoms with Gasteiger partial charge in [-0.15, -0.1) is 0 Å². The lowest BCUT2D eigenvalue weighted by atomic mass is 9.94. The molecule has 1 saturated carbocycles. The van der Waals surface area contributed by atoms with Crippen LogP contribution in [-0.4, -0.2) is 26.3 Å². The average Bonchev–Trinajstić information content (AvgIpc) is 2.78. The fraction of sp³-hybridized carbons (Fsp3) is 0.375. The number of phenols is 1. The van der Waals surface area contributed by atoms with Gasteiger partial charge >= 0.3 is 0 Å². The number of phenolic OH excluding ortho intramolecular Hbond substituents is 1. The Hall–Kier alpha value is -1.04. The SMILES string of the molecule is O=C1/C(=C/c2ccc(O)c(Cl)c2)SC(=S)N1C1CCCCC1. The van der Waals surface area contributed by atoms with E-state index in [-0.39, 0.29) is 22.7 Å². The van der Waals surface area contributed by atoms with Crippen LogP contribution in [0.3, 0.4) is 0 Å². The number of hydrogen-bond acceptors (Lipinski definition) is 4. The Bertz CT molecular complexity index is 654. The van der Waals surface area contributed by atoms with Crippen molar-refractivity contribution in [2.45, 2.75) is 38.1 Å². The van der Waals surface area contributed by atoms with Crippen molar-refractivity contribution in [2.75, 3.05) is 0 Å². The summed E-state index contributed by atoms with van der Waals surface area (Å²) in [6, 6.07) is 5.14. The first-order chi connectivity index (χ1) is 10.6. The number of hydrogen-bond donors (Lipinski definition) is 1. The highest BCUT2D eigenvalue weighted by atomic mass is 35.5. The molecule has 6 heteroatoms. The lowest BCUT2D eigenvalue weighted by Gasteiger charge is -2.29. The van der Waals surface area contributed by atoms with Gasteiger partial charge in [0.05, 0.1) is 9.93 Å². The van der Waals surface area contributed by atoms with Gasteiger partial charge in [0.25, 0.3) is 5.91 Å². The lowest BCUT2D eigenvalue weighted by molar-refractivity contribution is -0.124. The summed E-state index contributed by atoms with van der Waals surface area (Å²) in [7, 11) is 0. The second kappa shape index (κ2) is 6.60. The normalized spacial score (nSPS) is 21.9. The third kappa shape index (κ3) is 3.16. The molecule has 1 aliphatic heterocycles. The van der Waals surface area contributed by atoms with Crippen LogP contribution in [0.15, 0.2) is 23.1 Å². The number of nitrogens with zero attached hydrogens (tertiary/aromatic N) is 1. The molecule has 2 aliphatic rings. The minimum atomic E-state index is -0.00824. The zero-order chi connectivity index (χ0) is 15.7. The van der Waals surface area contributed by atoms with Gasteiger partial charge in [-0.05, 0) is 36.6 Å². The minimum Gasteiger partial charge on any atom is -0.506 e. The van der Waals surface area contributed by atoms with Crippen LogP contribution in [0.2, 0.25) is 5.02 Å². The minimum absolute atomic E-state index is 0.00824. The van der Waals surface area contributed by atoms with Crippen molar-refractivity contribution < 1.29 is 9.90 Å². The number of amides is 1. The molecule has 0 aromatic heterocycles. The smallest absolute Gasteiger partial charge is 0.266 e. The highest BCUT2D eigenvalue weighted by Crippen LogP contribution is 2.37. The maximum absolute atomic E-state index is 12.6. The highest BCUT2D eigenvalue weighted by Gasteiger charge is 2.37. The molecule has 1 aromatic rings. The van der Waals surface area contributed by atoms with E-state index in [1.165, 1.54) is 24.2 Å². The maximum atomic E-state index is 12.6. The third-order valence-electron chi connectivity index (χ3n) is 4.03. The van der Waals surface area contributed by atoms with Gasteiger partial charge in [-0.2, -0.15) is 0 Å². The van der Waals surface area contributed by atoms with E-state index in [4.69, 9.17) is 23.8 Å². The Balaban J connectivity index is 1.83. The number of carbonyl (C=O) groups excluding carboxylic acids is 1. The van der Waals surface area contributed by atoms with Crippen LogP contribution in [0.1, 0.15) is 37.7 Å². The van der Waals surface area contributed by atoms with Crippen molar-refractivity contribution >= 4 is 51.9 Å². The molecule has 3 nitrogen and oxygen atoms in total. The van der Waals surface area contributed by atoms with Crippen molar-refractivity contribution in [3.63, 3.8) is 0 Å². The lowest BCUT2D eigenvalue weighted by Crippen LogP contribution is -2.39. The number of rotatable bonds is 2. The Morgan fingerprint density at radius 2 is 2.05 bits per heavy atom. The zero-order valence-electron chi connectivity index (χ0n) is 11.9. The molecule has 1 saturated heterocycles. The van der Waals surface area contributed by atoms with Gasteiger partial charge < -0.3 is 5.11 Å². The average molecular weight is 354 g/mol. The number of benzene rings is 1. The summed E-state index contributed by atoms with van der Waals surface area (Å²) >= 11 is 12.7. The molecule has 1 aliphatic carbocycles. The van der Waals surface area contributed by atoms with Gasteiger partial charge in [-0.3, -0.25) is 9.69 Å². The monoisotopic (exact) mass is 353 g/mol. The molecule has 1 heterocycles. The molecule has 116 valence electrons. The molecule has 0 radical (unpaired) electrons. The Labute approximate surface area is 144 Å². The summed E-state index contributed by atoms with van der Waals surface area (Å²) < 4.78 is 0.646. The molecule has 0 bridgehead atoms. The molecule has 0 spiro atoms. The highest BCUT2D eigenvalue weighted by molar-refractivity contribution is 8.26. The maximum Gasteiger partial charge on any atom is 0.266 e. The van der Waals surface area contributed by atoms with Gasteiger partial charge in [0.1, 0.15) is 10.1 Å². The molecule has 22 heavy (non-hydrogen) atoms. The second-order valence-corrected chi connectivity index (χ2v) is 7.64. The van der Waals surface area contributed by atoms with Crippen LogP contribution in [0.5, 0.6) is 5.75 Å². The van der Waals surface area contributed by atoms with Crippen LogP contribution in [-0.2, 0) is 4.79 Å². The van der Waals surface area contributed by atoms with Crippen LogP contribution >= 0.6 is 35.6 Å². The van der Waals surface area contributed by atoms with E-state index in [9.17, 15) is 9.90 Å². The Kier molecular flexibility index (Phi) is 4.76. The number of aromatic hydroxyl groups is 1. The number of thiocarbonyl (C=S) groups is 1. The van der Waals surface area contributed by atoms with Gasteiger partial charge in [0.15, 0.2) is 0 Å². The first-order valence-corrected chi connectivity index (χ1v) is 8.92. The van der Waals surface area contributed by atoms with E-state index >= 15 is 0 Å². The van der Waals surface area contributed by atoms with Crippen molar-refractivity contribution in [3.8, 4) is 5.75 Å². The van der Waals surface area contributed by atoms with Crippen molar-refractivity contribution in [2.24, 2.45) is 0 Å². The van der Waals surface area contributed by atoms with Gasteiger partial charge in [0.2, 0.25) is 0 Å². The van der Waals surface area contributed by atoms with E-state index in [0.717, 1.165) is 31.2 Å². The molecule has 2 fully saturated rings. The van der Waals surface area contributed by atoms with Gasteiger partial charge in [-0.1, -0.05) is 60.9 Å². The van der Waals surface area contributed by atoms with E-state index in [1.54, 1.807) is 23.1 Å². The largest absolute Gasteiger partial charge is 0.506 e. The van der Waals surface area contributed by atoms with Crippen molar-refractivity contribution in [1.29, 1.82) is 0 Å². The van der Waals surface area contributed by atoms with E-state index in [1.807, 2.05) is 0 Å². The van der Waals surface area contributed by atoms with Gasteiger partial charge in [-0.25, -0.2) is 0 Å². The zero-order valence-corrected chi connectivity index (χ0v) is 14.3. The summed E-state index contributed by atoms with van der Waals surface area (Å²) in [6.07, 6.45) is 7.42. The standard InChI is InChI=1S/C16H16ClNO2S2/c17-12-8-10(6-7-13(12)19)9-14-15(20)18(16(21)22-14)11-4-2-1-3-5-11/h6-9,11,19H,1-5H2/b14-9-. The summed E-state index contributed by atoms with van der Waals surface area (Å²) in [4.78, 5) is 15.0. The van der Waals surface area contributed by atoms with Crippen LogP contribution in [0, 0.1) is 0 Å². The van der Waals surface area contributed by atoms with E-state index < -0.39 is 0 Å². The first kappa shape index (κ1) is 15.8. The van der Waals surface area contributed by atoms with Crippen LogP contribution in [0.25, 0.3) is 6.08 Å². The fourth-order valence-electron chi connectivity index (χ4n) is 2.90. The molecular weight excluding hydrogens is 338 g/mol. The van der Waals surface area contributed by atoms with Gasteiger partial charge in [0, 0.05) is 6.04 Å². The number of carbonyl (C=O) groups is 1. The Morgan fingerprint density at radius 3 is 2.73 bits per heavy atom.